The van der Waals surface area contributed by atoms with E-state index in [0.29, 0.717) is 11.6 Å². The molecule has 138 valence electrons. The smallest absolute Gasteiger partial charge is 0.151 e. The predicted molar refractivity (Wildman–Crippen MR) is 109 cm³/mol. The molecule has 1 aliphatic heterocycles. The summed E-state index contributed by atoms with van der Waals surface area (Å²) >= 11 is 6.44. The van der Waals surface area contributed by atoms with Gasteiger partial charge in [0, 0.05) is 29.2 Å². The molecule has 0 radical (unpaired) electrons. The Morgan fingerprint density at radius 3 is 2.33 bits per heavy atom. The van der Waals surface area contributed by atoms with E-state index in [1.54, 1.807) is 0 Å². The van der Waals surface area contributed by atoms with Gasteiger partial charge in [0.1, 0.15) is 11.9 Å². The molecule has 1 fully saturated rings. The molecule has 0 aliphatic carbocycles. The minimum atomic E-state index is -0.206. The number of nitrogens with one attached hydrogen (secondary N) is 1. The maximum atomic E-state index is 6.56. The second-order valence-electron chi connectivity index (χ2n) is 6.54. The van der Waals surface area contributed by atoms with Crippen molar-refractivity contribution in [1.29, 1.82) is 0 Å². The van der Waals surface area contributed by atoms with Crippen LogP contribution in [-0.2, 0) is 4.74 Å². The van der Waals surface area contributed by atoms with Gasteiger partial charge in [0.25, 0.3) is 0 Å². The predicted octanol–water partition coefficient (Wildman–Crippen LogP) is 5.12. The van der Waals surface area contributed by atoms with E-state index < -0.39 is 0 Å². The molecule has 1 aliphatic rings. The Morgan fingerprint density at radius 2 is 1.59 bits per heavy atom. The SMILES string of the molecule is Clc1ccccc1-c1ccccc1OC(c1ccccc1)[C@@H]1CNCCO1. The Labute approximate surface area is 164 Å². The third-order valence-corrected chi connectivity index (χ3v) is 5.06. The highest BCUT2D eigenvalue weighted by molar-refractivity contribution is 6.33. The van der Waals surface area contributed by atoms with Crippen LogP contribution in [0.2, 0.25) is 5.02 Å². The van der Waals surface area contributed by atoms with Crippen LogP contribution in [0.4, 0.5) is 0 Å². The number of para-hydroxylation sites is 1. The van der Waals surface area contributed by atoms with E-state index in [1.807, 2.05) is 66.7 Å². The van der Waals surface area contributed by atoms with Gasteiger partial charge in [-0.2, -0.15) is 0 Å². The number of ether oxygens (including phenoxy) is 2. The molecule has 0 bridgehead atoms. The zero-order valence-electron chi connectivity index (χ0n) is 15.0. The van der Waals surface area contributed by atoms with Crippen LogP contribution in [0, 0.1) is 0 Å². The molecule has 4 heteroatoms. The third-order valence-electron chi connectivity index (χ3n) is 4.73. The van der Waals surface area contributed by atoms with Crippen molar-refractivity contribution in [3.05, 3.63) is 89.4 Å². The Bertz CT molecular complexity index is 878. The highest BCUT2D eigenvalue weighted by atomic mass is 35.5. The summed E-state index contributed by atoms with van der Waals surface area (Å²) in [4.78, 5) is 0. The molecule has 0 amide bonds. The van der Waals surface area contributed by atoms with Crippen LogP contribution >= 0.6 is 11.6 Å². The summed E-state index contributed by atoms with van der Waals surface area (Å²) in [6, 6.07) is 26.1. The molecule has 0 saturated carbocycles. The standard InChI is InChI=1S/C23H22ClNO2/c24-20-12-6-4-10-18(20)19-11-5-7-13-21(19)27-23(17-8-2-1-3-9-17)22-16-25-14-15-26-22/h1-13,22-23,25H,14-16H2/t22-,23?/m0/s1. The Morgan fingerprint density at radius 1 is 0.889 bits per heavy atom. The molecular formula is C23H22ClNO2. The van der Waals surface area contributed by atoms with Gasteiger partial charge in [-0.25, -0.2) is 0 Å². The molecule has 1 saturated heterocycles. The zero-order chi connectivity index (χ0) is 18.5. The number of hydrogen-bond donors (Lipinski definition) is 1. The third kappa shape index (κ3) is 4.16. The van der Waals surface area contributed by atoms with Gasteiger partial charge in [-0.15, -0.1) is 0 Å². The van der Waals surface area contributed by atoms with Gasteiger partial charge in [-0.1, -0.05) is 78.3 Å². The van der Waals surface area contributed by atoms with Crippen molar-refractivity contribution in [3.8, 4) is 16.9 Å². The lowest BCUT2D eigenvalue weighted by atomic mass is 10.0. The van der Waals surface area contributed by atoms with Crippen LogP contribution in [0.15, 0.2) is 78.9 Å². The largest absolute Gasteiger partial charge is 0.482 e. The lowest BCUT2D eigenvalue weighted by Gasteiger charge is -2.32. The zero-order valence-corrected chi connectivity index (χ0v) is 15.7. The Balaban J connectivity index is 1.71. The van der Waals surface area contributed by atoms with Gasteiger partial charge in [-0.3, -0.25) is 0 Å². The molecule has 4 rings (SSSR count). The molecule has 2 atom stereocenters. The van der Waals surface area contributed by atoms with Crippen LogP contribution < -0.4 is 10.1 Å². The number of morpholine rings is 1. The average Bonchev–Trinajstić information content (AvgIpc) is 2.74. The molecule has 1 unspecified atom stereocenters. The van der Waals surface area contributed by atoms with Crippen LogP contribution in [0.1, 0.15) is 11.7 Å². The Hall–Kier alpha value is -2.33. The van der Waals surface area contributed by atoms with E-state index in [0.717, 1.165) is 35.5 Å². The van der Waals surface area contributed by atoms with Crippen molar-refractivity contribution in [3.63, 3.8) is 0 Å². The molecule has 3 aromatic carbocycles. The summed E-state index contributed by atoms with van der Waals surface area (Å²) in [5, 5.41) is 4.11. The fourth-order valence-electron chi connectivity index (χ4n) is 3.39. The molecule has 3 nitrogen and oxygen atoms in total. The van der Waals surface area contributed by atoms with E-state index in [-0.39, 0.29) is 12.2 Å². The summed E-state index contributed by atoms with van der Waals surface area (Å²) in [7, 11) is 0. The van der Waals surface area contributed by atoms with Crippen molar-refractivity contribution < 1.29 is 9.47 Å². The summed E-state index contributed by atoms with van der Waals surface area (Å²) in [6.45, 7) is 2.31. The van der Waals surface area contributed by atoms with Crippen LogP contribution in [0.25, 0.3) is 11.1 Å². The van der Waals surface area contributed by atoms with E-state index in [2.05, 4.69) is 17.4 Å². The van der Waals surface area contributed by atoms with Gasteiger partial charge in [-0.05, 0) is 17.7 Å². The van der Waals surface area contributed by atoms with Gasteiger partial charge in [0.15, 0.2) is 6.10 Å². The lowest BCUT2D eigenvalue weighted by Crippen LogP contribution is -2.43. The van der Waals surface area contributed by atoms with Crippen molar-refractivity contribution in [2.75, 3.05) is 19.7 Å². The first-order valence-electron chi connectivity index (χ1n) is 9.21. The highest BCUT2D eigenvalue weighted by Crippen LogP contribution is 2.37. The fraction of sp³-hybridized carbons (Fsp3) is 0.217. The first kappa shape index (κ1) is 18.1. The topological polar surface area (TPSA) is 30.5 Å². The average molecular weight is 380 g/mol. The van der Waals surface area contributed by atoms with Crippen molar-refractivity contribution in [2.24, 2.45) is 0 Å². The number of halogens is 1. The van der Waals surface area contributed by atoms with Gasteiger partial charge in [0.2, 0.25) is 0 Å². The van der Waals surface area contributed by atoms with Crippen LogP contribution in [0.3, 0.4) is 0 Å². The van der Waals surface area contributed by atoms with E-state index in [9.17, 15) is 0 Å². The second-order valence-corrected chi connectivity index (χ2v) is 6.95. The maximum absolute atomic E-state index is 6.56. The number of rotatable bonds is 5. The first-order valence-corrected chi connectivity index (χ1v) is 9.58. The minimum absolute atomic E-state index is 0.0551. The van der Waals surface area contributed by atoms with Crippen LogP contribution in [-0.4, -0.2) is 25.8 Å². The van der Waals surface area contributed by atoms with Gasteiger partial charge >= 0.3 is 0 Å². The highest BCUT2D eigenvalue weighted by Gasteiger charge is 2.28. The van der Waals surface area contributed by atoms with E-state index in [1.165, 1.54) is 0 Å². The van der Waals surface area contributed by atoms with Crippen LogP contribution in [0.5, 0.6) is 5.75 Å². The van der Waals surface area contributed by atoms with Gasteiger partial charge in [0.05, 0.1) is 6.61 Å². The van der Waals surface area contributed by atoms with Gasteiger partial charge < -0.3 is 14.8 Å². The summed E-state index contributed by atoms with van der Waals surface area (Å²) < 4.78 is 12.6. The molecular weight excluding hydrogens is 358 g/mol. The summed E-state index contributed by atoms with van der Waals surface area (Å²) in [6.07, 6.45) is -0.261. The molecule has 27 heavy (non-hydrogen) atoms. The fourth-order valence-corrected chi connectivity index (χ4v) is 3.63. The number of hydrogen-bond acceptors (Lipinski definition) is 3. The molecule has 3 aromatic rings. The van der Waals surface area contributed by atoms with E-state index in [4.69, 9.17) is 21.1 Å². The minimum Gasteiger partial charge on any atom is -0.482 e. The van der Waals surface area contributed by atoms with Crippen molar-refractivity contribution >= 4 is 11.6 Å². The monoisotopic (exact) mass is 379 g/mol. The molecule has 0 spiro atoms. The lowest BCUT2D eigenvalue weighted by molar-refractivity contribution is -0.0430. The molecule has 0 aromatic heterocycles. The summed E-state index contributed by atoms with van der Waals surface area (Å²) in [5.41, 5.74) is 3.04. The van der Waals surface area contributed by atoms with Crippen molar-refractivity contribution in [2.45, 2.75) is 12.2 Å². The van der Waals surface area contributed by atoms with Crippen molar-refractivity contribution in [1.82, 2.24) is 5.32 Å². The second kappa shape index (κ2) is 8.57. The first-order chi connectivity index (χ1) is 13.3. The number of benzene rings is 3. The molecule has 1 heterocycles. The quantitative estimate of drug-likeness (QED) is 0.667. The van der Waals surface area contributed by atoms with E-state index >= 15 is 0 Å². The maximum Gasteiger partial charge on any atom is 0.151 e. The summed E-state index contributed by atoms with van der Waals surface area (Å²) in [5.74, 6) is 0.800. The Kier molecular flexibility index (Phi) is 5.73. The normalized spacial score (nSPS) is 18.0. The molecule has 1 N–H and O–H groups in total.